The maximum Gasteiger partial charge on any atom is 0.207 e. The highest BCUT2D eigenvalue weighted by Crippen LogP contribution is 2.24. The summed E-state index contributed by atoms with van der Waals surface area (Å²) in [4.78, 5) is 3.94. The Bertz CT molecular complexity index is 439. The van der Waals surface area contributed by atoms with E-state index in [4.69, 9.17) is 16.3 Å². The van der Waals surface area contributed by atoms with Gasteiger partial charge in [-0.1, -0.05) is 12.1 Å². The maximum atomic E-state index is 5.90. The molecule has 0 amide bonds. The van der Waals surface area contributed by atoms with Crippen molar-refractivity contribution in [3.05, 3.63) is 41.9 Å². The van der Waals surface area contributed by atoms with E-state index >= 15 is 0 Å². The summed E-state index contributed by atoms with van der Waals surface area (Å²) in [6.07, 6.45) is 3.44. The molecule has 4 heteroatoms. The van der Waals surface area contributed by atoms with Crippen LogP contribution in [0.4, 0.5) is 0 Å². The summed E-state index contributed by atoms with van der Waals surface area (Å²) in [6.45, 7) is 0. The van der Waals surface area contributed by atoms with Crippen LogP contribution in [0.25, 0.3) is 5.69 Å². The Labute approximate surface area is 86.9 Å². The molecule has 14 heavy (non-hydrogen) atoms. The molecule has 2 rings (SSSR count). The van der Waals surface area contributed by atoms with Gasteiger partial charge in [-0.25, -0.2) is 4.98 Å². The van der Waals surface area contributed by atoms with E-state index in [1.165, 1.54) is 0 Å². The van der Waals surface area contributed by atoms with Crippen molar-refractivity contribution in [2.45, 2.75) is 0 Å². The van der Waals surface area contributed by atoms with Crippen molar-refractivity contribution in [3.63, 3.8) is 0 Å². The van der Waals surface area contributed by atoms with E-state index in [-0.39, 0.29) is 0 Å². The molecule has 1 aromatic heterocycles. The van der Waals surface area contributed by atoms with Gasteiger partial charge in [-0.3, -0.25) is 4.57 Å². The van der Waals surface area contributed by atoms with Gasteiger partial charge in [0.05, 0.1) is 12.8 Å². The molecule has 0 aliphatic rings. The standard InChI is InChI=1S/C10H9ClN2O/c1-14-9-5-3-2-4-8(9)13-7-6-12-10(13)11/h2-7H,1H3. The third-order valence-corrected chi connectivity index (χ3v) is 2.22. The van der Waals surface area contributed by atoms with Crippen LogP contribution in [0.15, 0.2) is 36.7 Å². The fourth-order valence-corrected chi connectivity index (χ4v) is 1.50. The van der Waals surface area contributed by atoms with Crippen molar-refractivity contribution in [3.8, 4) is 11.4 Å². The van der Waals surface area contributed by atoms with E-state index in [0.29, 0.717) is 5.28 Å². The summed E-state index contributed by atoms with van der Waals surface area (Å²) in [7, 11) is 1.63. The van der Waals surface area contributed by atoms with Crippen LogP contribution in [0.1, 0.15) is 0 Å². The van der Waals surface area contributed by atoms with Gasteiger partial charge in [-0.2, -0.15) is 0 Å². The molecular formula is C10H9ClN2O. The molecule has 0 saturated heterocycles. The number of para-hydroxylation sites is 2. The predicted octanol–water partition coefficient (Wildman–Crippen LogP) is 2.53. The van der Waals surface area contributed by atoms with Crippen LogP contribution >= 0.6 is 11.6 Å². The number of ether oxygens (including phenoxy) is 1. The third-order valence-electron chi connectivity index (χ3n) is 1.94. The Kier molecular flexibility index (Phi) is 2.41. The molecule has 0 atom stereocenters. The lowest BCUT2D eigenvalue weighted by atomic mass is 10.3. The third kappa shape index (κ3) is 1.46. The van der Waals surface area contributed by atoms with Crippen LogP contribution in [-0.2, 0) is 0 Å². The largest absolute Gasteiger partial charge is 0.495 e. The molecule has 72 valence electrons. The van der Waals surface area contributed by atoms with Crippen LogP contribution in [-0.4, -0.2) is 16.7 Å². The highest BCUT2D eigenvalue weighted by Gasteiger charge is 2.06. The molecular weight excluding hydrogens is 200 g/mol. The molecule has 0 aliphatic heterocycles. The minimum atomic E-state index is 0.425. The van der Waals surface area contributed by atoms with Gasteiger partial charge in [0.1, 0.15) is 5.75 Å². The van der Waals surface area contributed by atoms with E-state index in [2.05, 4.69) is 4.98 Å². The lowest BCUT2D eigenvalue weighted by molar-refractivity contribution is 0.413. The number of aromatic nitrogens is 2. The number of rotatable bonds is 2. The van der Waals surface area contributed by atoms with Crippen molar-refractivity contribution < 1.29 is 4.74 Å². The molecule has 3 nitrogen and oxygen atoms in total. The Balaban J connectivity index is 2.56. The minimum Gasteiger partial charge on any atom is -0.495 e. The molecule has 0 bridgehead atoms. The van der Waals surface area contributed by atoms with E-state index in [9.17, 15) is 0 Å². The number of nitrogens with zero attached hydrogens (tertiary/aromatic N) is 2. The molecule has 2 aromatic rings. The molecule has 0 spiro atoms. The van der Waals surface area contributed by atoms with Crippen LogP contribution in [0, 0.1) is 0 Å². The highest BCUT2D eigenvalue weighted by molar-refractivity contribution is 6.28. The van der Waals surface area contributed by atoms with Crippen LogP contribution in [0.3, 0.4) is 0 Å². The summed E-state index contributed by atoms with van der Waals surface area (Å²) in [5, 5.41) is 0.425. The van der Waals surface area contributed by atoms with Gasteiger partial charge in [-0.05, 0) is 23.7 Å². The first kappa shape index (κ1) is 9.09. The first-order valence-corrected chi connectivity index (χ1v) is 4.53. The lowest BCUT2D eigenvalue weighted by Gasteiger charge is -2.08. The maximum absolute atomic E-state index is 5.90. The fourth-order valence-electron chi connectivity index (χ4n) is 1.29. The number of imidazole rings is 1. The molecule has 0 aliphatic carbocycles. The Morgan fingerprint density at radius 3 is 2.79 bits per heavy atom. The molecule has 1 aromatic carbocycles. The summed E-state index contributed by atoms with van der Waals surface area (Å²) >= 11 is 5.90. The molecule has 0 saturated carbocycles. The van der Waals surface area contributed by atoms with Crippen molar-refractivity contribution in [2.75, 3.05) is 7.11 Å². The lowest BCUT2D eigenvalue weighted by Crippen LogP contribution is -1.96. The SMILES string of the molecule is COc1ccccc1-n1ccnc1Cl. The van der Waals surface area contributed by atoms with Crippen molar-refractivity contribution in [1.82, 2.24) is 9.55 Å². The summed E-state index contributed by atoms with van der Waals surface area (Å²) in [6, 6.07) is 7.64. The van der Waals surface area contributed by atoms with E-state index in [0.717, 1.165) is 11.4 Å². The molecule has 1 heterocycles. The minimum absolute atomic E-state index is 0.425. The Morgan fingerprint density at radius 1 is 1.36 bits per heavy atom. The van der Waals surface area contributed by atoms with Crippen molar-refractivity contribution in [1.29, 1.82) is 0 Å². The molecule has 0 radical (unpaired) electrons. The zero-order valence-electron chi connectivity index (χ0n) is 7.64. The van der Waals surface area contributed by atoms with Gasteiger partial charge in [-0.15, -0.1) is 0 Å². The smallest absolute Gasteiger partial charge is 0.207 e. The summed E-state index contributed by atoms with van der Waals surface area (Å²) < 4.78 is 6.98. The number of benzene rings is 1. The highest BCUT2D eigenvalue weighted by atomic mass is 35.5. The second kappa shape index (κ2) is 3.72. The molecule has 0 N–H and O–H groups in total. The van der Waals surface area contributed by atoms with Gasteiger partial charge >= 0.3 is 0 Å². The fraction of sp³-hybridized carbons (Fsp3) is 0.100. The van der Waals surface area contributed by atoms with E-state index in [1.54, 1.807) is 24.1 Å². The van der Waals surface area contributed by atoms with E-state index < -0.39 is 0 Å². The van der Waals surface area contributed by atoms with Crippen LogP contribution < -0.4 is 4.74 Å². The van der Waals surface area contributed by atoms with Crippen LogP contribution in [0.5, 0.6) is 5.75 Å². The second-order valence-corrected chi connectivity index (χ2v) is 3.08. The van der Waals surface area contributed by atoms with Crippen molar-refractivity contribution in [2.24, 2.45) is 0 Å². The van der Waals surface area contributed by atoms with Crippen LogP contribution in [0.2, 0.25) is 5.28 Å². The van der Waals surface area contributed by atoms with Crippen molar-refractivity contribution >= 4 is 11.6 Å². The normalized spacial score (nSPS) is 10.1. The van der Waals surface area contributed by atoms with Gasteiger partial charge in [0.15, 0.2) is 0 Å². The number of halogens is 1. The number of methoxy groups -OCH3 is 1. The summed E-state index contributed by atoms with van der Waals surface area (Å²) in [5.41, 5.74) is 0.887. The quantitative estimate of drug-likeness (QED) is 0.759. The molecule has 0 unspecified atom stereocenters. The van der Waals surface area contributed by atoms with Gasteiger partial charge < -0.3 is 4.74 Å². The zero-order valence-corrected chi connectivity index (χ0v) is 8.40. The molecule has 0 fully saturated rings. The number of hydrogen-bond donors (Lipinski definition) is 0. The first-order chi connectivity index (χ1) is 6.83. The predicted molar refractivity (Wildman–Crippen MR) is 55.1 cm³/mol. The van der Waals surface area contributed by atoms with E-state index in [1.807, 2.05) is 24.3 Å². The van der Waals surface area contributed by atoms with Gasteiger partial charge in [0.2, 0.25) is 5.28 Å². The van der Waals surface area contributed by atoms with Gasteiger partial charge in [0.25, 0.3) is 0 Å². The average molecular weight is 209 g/mol. The zero-order chi connectivity index (χ0) is 9.97. The first-order valence-electron chi connectivity index (χ1n) is 4.15. The Hall–Kier alpha value is -1.48. The monoisotopic (exact) mass is 208 g/mol. The Morgan fingerprint density at radius 2 is 2.14 bits per heavy atom. The summed E-state index contributed by atoms with van der Waals surface area (Å²) in [5.74, 6) is 0.771. The van der Waals surface area contributed by atoms with Gasteiger partial charge in [0, 0.05) is 12.4 Å². The second-order valence-electron chi connectivity index (χ2n) is 2.74. The number of hydrogen-bond acceptors (Lipinski definition) is 2. The topological polar surface area (TPSA) is 27.1 Å². The average Bonchev–Trinajstić information content (AvgIpc) is 2.64.